The minimum absolute atomic E-state index is 0.0215. The number of hydrogen-bond acceptors (Lipinski definition) is 3. The maximum Gasteiger partial charge on any atom is 0.261 e. The van der Waals surface area contributed by atoms with E-state index in [1.807, 2.05) is 6.92 Å². The van der Waals surface area contributed by atoms with Crippen molar-refractivity contribution in [2.24, 2.45) is 0 Å². The van der Waals surface area contributed by atoms with Crippen LogP contribution in [0.15, 0.2) is 71.6 Å². The second-order valence-corrected chi connectivity index (χ2v) is 8.04. The largest absolute Gasteiger partial charge is 0.288 e. The van der Waals surface area contributed by atoms with Crippen molar-refractivity contribution in [3.05, 3.63) is 94.3 Å². The Balaban J connectivity index is 2.03. The van der Waals surface area contributed by atoms with Crippen LogP contribution in [-0.2, 0) is 10.0 Å². The van der Waals surface area contributed by atoms with Crippen molar-refractivity contribution in [1.29, 1.82) is 0 Å². The van der Waals surface area contributed by atoms with Crippen molar-refractivity contribution in [3.8, 4) is 0 Å². The van der Waals surface area contributed by atoms with Gasteiger partial charge in [0.05, 0.1) is 16.1 Å². The molecule has 0 heterocycles. The van der Waals surface area contributed by atoms with E-state index < -0.39 is 21.6 Å². The maximum atomic E-state index is 14.0. The van der Waals surface area contributed by atoms with Crippen LogP contribution in [0.25, 0.3) is 0 Å². The summed E-state index contributed by atoms with van der Waals surface area (Å²) in [5.41, 5.74) is 0.725. The van der Waals surface area contributed by atoms with E-state index >= 15 is 0 Å². The van der Waals surface area contributed by atoms with Crippen LogP contribution in [0.2, 0.25) is 5.02 Å². The monoisotopic (exact) mass is 403 g/mol. The van der Waals surface area contributed by atoms with Gasteiger partial charge in [-0.25, -0.2) is 12.8 Å². The van der Waals surface area contributed by atoms with Gasteiger partial charge in [-0.15, -0.1) is 0 Å². The van der Waals surface area contributed by atoms with Gasteiger partial charge in [0.1, 0.15) is 5.82 Å². The lowest BCUT2D eigenvalue weighted by Crippen LogP contribution is -2.16. The molecule has 0 radical (unpaired) electrons. The zero-order valence-electron chi connectivity index (χ0n) is 14.2. The predicted octanol–water partition coefficient (Wildman–Crippen LogP) is 4.82. The molecule has 0 spiro atoms. The van der Waals surface area contributed by atoms with Crippen LogP contribution in [-0.4, -0.2) is 14.2 Å². The molecule has 138 valence electrons. The van der Waals surface area contributed by atoms with Crippen LogP contribution in [0.3, 0.4) is 0 Å². The first-order valence-corrected chi connectivity index (χ1v) is 9.82. The number of benzene rings is 3. The van der Waals surface area contributed by atoms with Gasteiger partial charge in [-0.2, -0.15) is 0 Å². The highest BCUT2D eigenvalue weighted by atomic mass is 35.5. The molecule has 0 fully saturated rings. The fourth-order valence-corrected chi connectivity index (χ4v) is 3.76. The van der Waals surface area contributed by atoms with Crippen LogP contribution < -0.4 is 4.72 Å². The first-order valence-electron chi connectivity index (χ1n) is 7.96. The molecule has 0 aromatic heterocycles. The average Bonchev–Trinajstić information content (AvgIpc) is 2.63. The Bertz CT molecular complexity index is 1110. The molecule has 3 aromatic rings. The van der Waals surface area contributed by atoms with E-state index in [9.17, 15) is 17.6 Å². The molecule has 1 N–H and O–H groups in total. The summed E-state index contributed by atoms with van der Waals surface area (Å²) in [5, 5.41) is 0.230. The summed E-state index contributed by atoms with van der Waals surface area (Å²) in [6, 6.07) is 15.9. The van der Waals surface area contributed by atoms with Gasteiger partial charge in [-0.05, 0) is 49.4 Å². The van der Waals surface area contributed by atoms with Gasteiger partial charge in [0.25, 0.3) is 10.0 Å². The molecule has 0 atom stereocenters. The zero-order valence-corrected chi connectivity index (χ0v) is 15.8. The van der Waals surface area contributed by atoms with Gasteiger partial charge >= 0.3 is 0 Å². The third-order valence-corrected chi connectivity index (χ3v) is 5.54. The minimum Gasteiger partial charge on any atom is -0.288 e. The second-order valence-electron chi connectivity index (χ2n) is 5.92. The number of sulfonamides is 1. The zero-order chi connectivity index (χ0) is 19.6. The van der Waals surface area contributed by atoms with Gasteiger partial charge in [-0.1, -0.05) is 41.4 Å². The van der Waals surface area contributed by atoms with Gasteiger partial charge < -0.3 is 0 Å². The number of nitrogens with one attached hydrogen (secondary N) is 1. The van der Waals surface area contributed by atoms with Crippen LogP contribution >= 0.6 is 11.6 Å². The molecule has 0 saturated heterocycles. The summed E-state index contributed by atoms with van der Waals surface area (Å²) in [7, 11) is -3.93. The minimum atomic E-state index is -3.93. The SMILES string of the molecule is Cc1ccc(S(=O)(=O)Nc2ccc(Cl)cc2C(=O)c2ccccc2F)cc1. The number of anilines is 1. The van der Waals surface area contributed by atoms with Crippen molar-refractivity contribution in [2.45, 2.75) is 11.8 Å². The first-order chi connectivity index (χ1) is 12.8. The summed E-state index contributed by atoms with van der Waals surface area (Å²) < 4.78 is 41.7. The van der Waals surface area contributed by atoms with Gasteiger partial charge in [0, 0.05) is 10.6 Å². The van der Waals surface area contributed by atoms with Gasteiger partial charge in [0.15, 0.2) is 5.78 Å². The number of aryl methyl sites for hydroxylation is 1. The van der Waals surface area contributed by atoms with E-state index in [0.29, 0.717) is 0 Å². The molecule has 0 unspecified atom stereocenters. The fraction of sp³-hybridized carbons (Fsp3) is 0.0500. The molecule has 27 heavy (non-hydrogen) atoms. The number of carbonyl (C=O) groups excluding carboxylic acids is 1. The number of ketones is 1. The lowest BCUT2D eigenvalue weighted by molar-refractivity contribution is 0.103. The van der Waals surface area contributed by atoms with E-state index in [-0.39, 0.29) is 26.7 Å². The molecule has 0 bridgehead atoms. The number of hydrogen-bond donors (Lipinski definition) is 1. The Kier molecular flexibility index (Phi) is 5.30. The predicted molar refractivity (Wildman–Crippen MR) is 103 cm³/mol. The van der Waals surface area contributed by atoms with E-state index in [2.05, 4.69) is 4.72 Å². The molecule has 0 aliphatic heterocycles. The quantitative estimate of drug-likeness (QED) is 0.621. The van der Waals surface area contributed by atoms with E-state index in [1.165, 1.54) is 48.5 Å². The summed E-state index contributed by atoms with van der Waals surface area (Å²) in [4.78, 5) is 12.8. The van der Waals surface area contributed by atoms with Crippen LogP contribution in [0, 0.1) is 12.7 Å². The highest BCUT2D eigenvalue weighted by Gasteiger charge is 2.21. The molecule has 7 heteroatoms. The number of rotatable bonds is 5. The van der Waals surface area contributed by atoms with E-state index in [4.69, 9.17) is 11.6 Å². The summed E-state index contributed by atoms with van der Waals surface area (Å²) >= 11 is 5.97. The van der Waals surface area contributed by atoms with Crippen molar-refractivity contribution >= 4 is 33.1 Å². The molecule has 0 aliphatic rings. The van der Waals surface area contributed by atoms with Crippen LogP contribution in [0.4, 0.5) is 10.1 Å². The highest BCUT2D eigenvalue weighted by molar-refractivity contribution is 7.92. The Morgan fingerprint density at radius 1 is 0.963 bits per heavy atom. The molecule has 3 aromatic carbocycles. The second kappa shape index (κ2) is 7.50. The molecule has 0 saturated carbocycles. The third-order valence-electron chi connectivity index (χ3n) is 3.92. The smallest absolute Gasteiger partial charge is 0.261 e. The molecule has 4 nitrogen and oxygen atoms in total. The van der Waals surface area contributed by atoms with Crippen LogP contribution in [0.1, 0.15) is 21.5 Å². The molecule has 0 aliphatic carbocycles. The Morgan fingerprint density at radius 3 is 2.30 bits per heavy atom. The van der Waals surface area contributed by atoms with Crippen molar-refractivity contribution < 1.29 is 17.6 Å². The fourth-order valence-electron chi connectivity index (χ4n) is 2.50. The lowest BCUT2D eigenvalue weighted by atomic mass is 10.0. The molecule has 0 amide bonds. The standard InChI is InChI=1S/C20H15ClFNO3S/c1-13-6-9-15(10-7-13)27(25,26)23-19-11-8-14(21)12-17(19)20(24)16-4-2-3-5-18(16)22/h2-12,23H,1H3. The lowest BCUT2D eigenvalue weighted by Gasteiger charge is -2.13. The molecular weight excluding hydrogens is 389 g/mol. The highest BCUT2D eigenvalue weighted by Crippen LogP contribution is 2.27. The number of carbonyl (C=O) groups is 1. The third kappa shape index (κ3) is 4.18. The Labute approximate surface area is 161 Å². The topological polar surface area (TPSA) is 63.2 Å². The molecule has 3 rings (SSSR count). The van der Waals surface area contributed by atoms with Gasteiger partial charge in [-0.3, -0.25) is 9.52 Å². The van der Waals surface area contributed by atoms with Gasteiger partial charge in [0.2, 0.25) is 0 Å². The maximum absolute atomic E-state index is 14.0. The van der Waals surface area contributed by atoms with E-state index in [0.717, 1.165) is 11.6 Å². The number of halogens is 2. The Hall–Kier alpha value is -2.70. The normalized spacial score (nSPS) is 11.2. The van der Waals surface area contributed by atoms with E-state index in [1.54, 1.807) is 12.1 Å². The summed E-state index contributed by atoms with van der Waals surface area (Å²) in [6.45, 7) is 1.84. The van der Waals surface area contributed by atoms with Crippen molar-refractivity contribution in [2.75, 3.05) is 4.72 Å². The van der Waals surface area contributed by atoms with Crippen molar-refractivity contribution in [1.82, 2.24) is 0 Å². The summed E-state index contributed by atoms with van der Waals surface area (Å²) in [6.07, 6.45) is 0. The van der Waals surface area contributed by atoms with Crippen molar-refractivity contribution in [3.63, 3.8) is 0 Å². The first kappa shape index (κ1) is 19.1. The summed E-state index contributed by atoms with van der Waals surface area (Å²) in [5.74, 6) is -1.37. The molecular formula is C20H15ClFNO3S. The van der Waals surface area contributed by atoms with Crippen LogP contribution in [0.5, 0.6) is 0 Å². The average molecular weight is 404 g/mol. The Morgan fingerprint density at radius 2 is 1.63 bits per heavy atom.